The van der Waals surface area contributed by atoms with E-state index in [0.29, 0.717) is 17.6 Å². The Morgan fingerprint density at radius 1 is 1.41 bits per heavy atom. The zero-order chi connectivity index (χ0) is 16.1. The van der Waals surface area contributed by atoms with Gasteiger partial charge in [-0.15, -0.1) is 11.3 Å². The summed E-state index contributed by atoms with van der Waals surface area (Å²) in [7, 11) is 0. The van der Waals surface area contributed by atoms with Crippen LogP contribution in [0.1, 0.15) is 17.4 Å². The number of carbonyl (C=O) groups excluding carboxylic acids is 1. The number of aromatic nitrogens is 1. The Balaban J connectivity index is 2.07. The number of ether oxygens (including phenoxy) is 1. The van der Waals surface area contributed by atoms with Gasteiger partial charge in [0.05, 0.1) is 25.3 Å². The third-order valence-corrected chi connectivity index (χ3v) is 5.09. The fraction of sp³-hybridized carbons (Fsp3) is 0.286. The van der Waals surface area contributed by atoms with Gasteiger partial charge in [0.1, 0.15) is 0 Å². The minimum absolute atomic E-state index is 0.235. The Morgan fingerprint density at radius 3 is 2.64 bits per heavy atom. The highest BCUT2D eigenvalue weighted by atomic mass is 79.9. The largest absolute Gasteiger partial charge is 0.466 e. The molecule has 0 unspecified atom stereocenters. The Morgan fingerprint density at radius 2 is 2.09 bits per heavy atom. The van der Waals surface area contributed by atoms with E-state index in [1.165, 1.54) is 11.3 Å². The third kappa shape index (κ3) is 4.94. The van der Waals surface area contributed by atoms with E-state index >= 15 is 0 Å². The summed E-state index contributed by atoms with van der Waals surface area (Å²) in [4.78, 5) is 16.6. The predicted molar refractivity (Wildman–Crippen MR) is 96.6 cm³/mol. The molecule has 118 valence electrons. The Kier molecular flexibility index (Phi) is 6.67. The van der Waals surface area contributed by atoms with Crippen molar-refractivity contribution in [2.45, 2.75) is 19.9 Å². The van der Waals surface area contributed by atoms with Crippen molar-refractivity contribution in [1.29, 1.82) is 0 Å². The number of nitrogens with zero attached hydrogens (tertiary/aromatic N) is 1. The Hall–Kier alpha value is -0.630. The second-order valence-electron chi connectivity index (χ2n) is 4.35. The van der Waals surface area contributed by atoms with Crippen LogP contribution < -0.4 is 5.32 Å². The molecule has 4 nitrogen and oxygen atoms in total. The summed E-state index contributed by atoms with van der Waals surface area (Å²) in [6.07, 6.45) is 1.99. The van der Waals surface area contributed by atoms with Gasteiger partial charge in [0.15, 0.2) is 4.47 Å². The summed E-state index contributed by atoms with van der Waals surface area (Å²) in [6, 6.07) is 3.81. The number of rotatable bonds is 6. The predicted octanol–water partition coefficient (Wildman–Crippen LogP) is 5.04. The lowest BCUT2D eigenvalue weighted by Crippen LogP contribution is -2.08. The van der Waals surface area contributed by atoms with E-state index in [1.54, 1.807) is 13.1 Å². The number of hydrogen-bond donors (Lipinski definition) is 1. The molecule has 0 atom stereocenters. The van der Waals surface area contributed by atoms with Crippen molar-refractivity contribution in [3.63, 3.8) is 0 Å². The third-order valence-electron chi connectivity index (χ3n) is 2.72. The van der Waals surface area contributed by atoms with Crippen LogP contribution in [0.15, 0.2) is 27.3 Å². The molecule has 0 fully saturated rings. The highest BCUT2D eigenvalue weighted by Crippen LogP contribution is 2.33. The standard InChI is InChI=1S/C14H13Br2ClN2O2S/c1-2-21-12(20)5-8-3-10(15)13(11(16)4-8)18-6-9-7-19-14(17)22-9/h3-4,7,18H,2,5-6H2,1H3. The highest BCUT2D eigenvalue weighted by molar-refractivity contribution is 9.11. The molecule has 2 rings (SSSR count). The molecule has 0 radical (unpaired) electrons. The summed E-state index contributed by atoms with van der Waals surface area (Å²) in [5, 5.41) is 3.32. The van der Waals surface area contributed by atoms with Crippen molar-refractivity contribution in [3.05, 3.63) is 42.2 Å². The molecule has 0 saturated carbocycles. The van der Waals surface area contributed by atoms with Crippen molar-refractivity contribution < 1.29 is 9.53 Å². The van der Waals surface area contributed by atoms with Gasteiger partial charge in [-0.1, -0.05) is 11.6 Å². The first-order valence-electron chi connectivity index (χ1n) is 6.47. The maximum absolute atomic E-state index is 11.5. The van der Waals surface area contributed by atoms with E-state index < -0.39 is 0 Å². The lowest BCUT2D eigenvalue weighted by molar-refractivity contribution is -0.142. The molecule has 22 heavy (non-hydrogen) atoms. The zero-order valence-electron chi connectivity index (χ0n) is 11.7. The molecule has 0 spiro atoms. The molecule has 1 N–H and O–H groups in total. The number of benzene rings is 1. The molecule has 0 amide bonds. The van der Waals surface area contributed by atoms with Crippen molar-refractivity contribution in [2.75, 3.05) is 11.9 Å². The van der Waals surface area contributed by atoms with Crippen LogP contribution in [0.3, 0.4) is 0 Å². The van der Waals surface area contributed by atoms with Crippen molar-refractivity contribution in [3.8, 4) is 0 Å². The zero-order valence-corrected chi connectivity index (χ0v) is 16.4. The van der Waals surface area contributed by atoms with E-state index in [9.17, 15) is 4.79 Å². The molecule has 0 aliphatic heterocycles. The van der Waals surface area contributed by atoms with Crippen LogP contribution in [-0.4, -0.2) is 17.6 Å². The Bertz CT molecular complexity index is 656. The van der Waals surface area contributed by atoms with Gasteiger partial charge in [-0.2, -0.15) is 0 Å². The quantitative estimate of drug-likeness (QED) is 0.604. The van der Waals surface area contributed by atoms with Crippen LogP contribution in [0.2, 0.25) is 4.47 Å². The lowest BCUT2D eigenvalue weighted by atomic mass is 10.1. The van der Waals surface area contributed by atoms with E-state index in [4.69, 9.17) is 16.3 Å². The van der Waals surface area contributed by atoms with Gasteiger partial charge in [0.25, 0.3) is 0 Å². The Labute approximate surface area is 154 Å². The molecule has 1 heterocycles. The SMILES string of the molecule is CCOC(=O)Cc1cc(Br)c(NCc2cnc(Cl)s2)c(Br)c1. The normalized spacial score (nSPS) is 10.5. The van der Waals surface area contributed by atoms with Crippen LogP contribution in [0, 0.1) is 0 Å². The maximum Gasteiger partial charge on any atom is 0.310 e. The number of hydrogen-bond acceptors (Lipinski definition) is 5. The van der Waals surface area contributed by atoms with Gasteiger partial charge in [-0.3, -0.25) is 4.79 Å². The molecule has 0 aliphatic carbocycles. The minimum Gasteiger partial charge on any atom is -0.466 e. The average Bonchev–Trinajstić information content (AvgIpc) is 2.83. The molecule has 1 aromatic carbocycles. The van der Waals surface area contributed by atoms with E-state index in [1.807, 2.05) is 12.1 Å². The van der Waals surface area contributed by atoms with Gasteiger partial charge < -0.3 is 10.1 Å². The maximum atomic E-state index is 11.5. The van der Waals surface area contributed by atoms with E-state index in [2.05, 4.69) is 42.2 Å². The fourth-order valence-electron chi connectivity index (χ4n) is 1.82. The van der Waals surface area contributed by atoms with Crippen LogP contribution in [-0.2, 0) is 22.5 Å². The summed E-state index contributed by atoms with van der Waals surface area (Å²) in [5.74, 6) is -0.235. The molecule has 0 saturated heterocycles. The molecular weight excluding hydrogens is 455 g/mol. The molecule has 0 bridgehead atoms. The monoisotopic (exact) mass is 466 g/mol. The first-order valence-corrected chi connectivity index (χ1v) is 9.25. The number of nitrogens with one attached hydrogen (secondary N) is 1. The van der Waals surface area contributed by atoms with Crippen molar-refractivity contribution in [1.82, 2.24) is 4.98 Å². The number of anilines is 1. The van der Waals surface area contributed by atoms with Gasteiger partial charge in [-0.05, 0) is 56.5 Å². The summed E-state index contributed by atoms with van der Waals surface area (Å²) < 4.78 is 7.23. The highest BCUT2D eigenvalue weighted by Gasteiger charge is 2.11. The molecule has 8 heteroatoms. The number of carbonyl (C=O) groups is 1. The van der Waals surface area contributed by atoms with Gasteiger partial charge in [-0.25, -0.2) is 4.98 Å². The van der Waals surface area contributed by atoms with Crippen molar-refractivity contribution in [2.24, 2.45) is 0 Å². The summed E-state index contributed by atoms with van der Waals surface area (Å²) in [5.41, 5.74) is 1.79. The smallest absolute Gasteiger partial charge is 0.310 e. The average molecular weight is 469 g/mol. The summed E-state index contributed by atoms with van der Waals surface area (Å²) in [6.45, 7) is 2.81. The molecular formula is C14H13Br2ClN2O2S. The first-order chi connectivity index (χ1) is 10.5. The van der Waals surface area contributed by atoms with Crippen LogP contribution in [0.4, 0.5) is 5.69 Å². The van der Waals surface area contributed by atoms with Gasteiger partial charge in [0, 0.05) is 20.0 Å². The van der Waals surface area contributed by atoms with Crippen LogP contribution >= 0.6 is 54.8 Å². The topological polar surface area (TPSA) is 51.2 Å². The minimum atomic E-state index is -0.235. The van der Waals surface area contributed by atoms with Crippen LogP contribution in [0.25, 0.3) is 0 Å². The number of halogens is 3. The van der Waals surface area contributed by atoms with Crippen LogP contribution in [0.5, 0.6) is 0 Å². The second-order valence-corrected chi connectivity index (χ2v) is 7.76. The lowest BCUT2D eigenvalue weighted by Gasteiger charge is -2.12. The number of esters is 1. The van der Waals surface area contributed by atoms with Gasteiger partial charge in [0.2, 0.25) is 0 Å². The molecule has 2 aromatic rings. The summed E-state index contributed by atoms with van der Waals surface area (Å²) >= 11 is 14.3. The molecule has 1 aromatic heterocycles. The van der Waals surface area contributed by atoms with E-state index in [0.717, 1.165) is 25.1 Å². The van der Waals surface area contributed by atoms with E-state index in [-0.39, 0.29) is 12.4 Å². The molecule has 0 aliphatic rings. The van der Waals surface area contributed by atoms with Gasteiger partial charge >= 0.3 is 5.97 Å². The van der Waals surface area contributed by atoms with Crippen molar-refractivity contribution >= 4 is 66.5 Å². The second kappa shape index (κ2) is 8.29. The fourth-order valence-corrected chi connectivity index (χ4v) is 4.30. The first kappa shape index (κ1) is 17.7. The number of thiazole rings is 1.